The minimum atomic E-state index is -0.166. The molecule has 0 aliphatic carbocycles. The van der Waals surface area contributed by atoms with Crippen LogP contribution in [0.15, 0.2) is 34.5 Å². The minimum absolute atomic E-state index is 0.166. The van der Waals surface area contributed by atoms with Crippen LogP contribution in [0.3, 0.4) is 0 Å². The largest absolute Gasteiger partial charge is 0.501 e. The molecule has 1 aromatic rings. The standard InChI is InChI=1S/C12H13BrClNO/c13-9-3-4-10(11(14)6-9)12(15)8-2-1-5-16-7-8/h3-4,6-7,12H,1-2,5,15H2. The van der Waals surface area contributed by atoms with Gasteiger partial charge in [0.25, 0.3) is 0 Å². The van der Waals surface area contributed by atoms with Crippen molar-refractivity contribution in [3.63, 3.8) is 0 Å². The molecule has 0 amide bonds. The summed E-state index contributed by atoms with van der Waals surface area (Å²) in [6.45, 7) is 0.782. The Kier molecular flexibility index (Phi) is 3.90. The van der Waals surface area contributed by atoms with Crippen molar-refractivity contribution in [1.29, 1.82) is 0 Å². The molecule has 0 saturated heterocycles. The molecule has 1 aromatic carbocycles. The van der Waals surface area contributed by atoms with E-state index in [0.29, 0.717) is 5.02 Å². The minimum Gasteiger partial charge on any atom is -0.501 e. The number of hydrogen-bond acceptors (Lipinski definition) is 2. The van der Waals surface area contributed by atoms with Crippen molar-refractivity contribution < 1.29 is 4.74 Å². The first-order valence-corrected chi connectivity index (χ1v) is 6.36. The molecule has 2 N–H and O–H groups in total. The van der Waals surface area contributed by atoms with Crippen LogP contribution in [0, 0.1) is 0 Å². The van der Waals surface area contributed by atoms with Gasteiger partial charge in [0.15, 0.2) is 0 Å². The third kappa shape index (κ3) is 2.59. The lowest BCUT2D eigenvalue weighted by Crippen LogP contribution is -2.16. The van der Waals surface area contributed by atoms with Gasteiger partial charge in [-0.15, -0.1) is 0 Å². The van der Waals surface area contributed by atoms with Gasteiger partial charge < -0.3 is 10.5 Å². The van der Waals surface area contributed by atoms with E-state index in [0.717, 1.165) is 35.1 Å². The van der Waals surface area contributed by atoms with E-state index in [4.69, 9.17) is 22.1 Å². The van der Waals surface area contributed by atoms with Gasteiger partial charge in [0.2, 0.25) is 0 Å². The van der Waals surface area contributed by atoms with E-state index in [9.17, 15) is 0 Å². The lowest BCUT2D eigenvalue weighted by atomic mass is 9.96. The number of ether oxygens (including phenoxy) is 1. The number of halogens is 2. The molecule has 0 radical (unpaired) electrons. The van der Waals surface area contributed by atoms with Gasteiger partial charge in [0.1, 0.15) is 0 Å². The van der Waals surface area contributed by atoms with Crippen molar-refractivity contribution in [2.45, 2.75) is 18.9 Å². The van der Waals surface area contributed by atoms with E-state index in [1.807, 2.05) is 18.2 Å². The maximum Gasteiger partial charge on any atom is 0.0876 e. The molecular weight excluding hydrogens is 289 g/mol. The second kappa shape index (κ2) is 5.21. The van der Waals surface area contributed by atoms with E-state index in [2.05, 4.69) is 15.9 Å². The van der Waals surface area contributed by atoms with E-state index in [-0.39, 0.29) is 6.04 Å². The first-order chi connectivity index (χ1) is 7.68. The fraction of sp³-hybridized carbons (Fsp3) is 0.333. The van der Waals surface area contributed by atoms with Crippen LogP contribution in [0.5, 0.6) is 0 Å². The first-order valence-electron chi connectivity index (χ1n) is 5.19. The van der Waals surface area contributed by atoms with Gasteiger partial charge in [0, 0.05) is 9.50 Å². The molecule has 86 valence electrons. The summed E-state index contributed by atoms with van der Waals surface area (Å²) in [4.78, 5) is 0. The van der Waals surface area contributed by atoms with Crippen LogP contribution < -0.4 is 5.73 Å². The maximum atomic E-state index is 6.17. The van der Waals surface area contributed by atoms with Crippen LogP contribution in [-0.2, 0) is 4.74 Å². The molecule has 1 aliphatic heterocycles. The topological polar surface area (TPSA) is 35.2 Å². The van der Waals surface area contributed by atoms with Crippen LogP contribution in [0.25, 0.3) is 0 Å². The third-order valence-electron chi connectivity index (χ3n) is 2.66. The average molecular weight is 303 g/mol. The Balaban J connectivity index is 2.26. The van der Waals surface area contributed by atoms with Crippen LogP contribution in [0.1, 0.15) is 24.4 Å². The first kappa shape index (κ1) is 12.0. The summed E-state index contributed by atoms with van der Waals surface area (Å²) in [5.41, 5.74) is 8.23. The van der Waals surface area contributed by atoms with E-state index < -0.39 is 0 Å². The Hall–Kier alpha value is -0.510. The van der Waals surface area contributed by atoms with Gasteiger partial charge in [-0.3, -0.25) is 0 Å². The molecule has 4 heteroatoms. The molecule has 1 unspecified atom stereocenters. The van der Waals surface area contributed by atoms with Gasteiger partial charge in [-0.2, -0.15) is 0 Å². The normalized spacial score (nSPS) is 17.6. The molecule has 2 nitrogen and oxygen atoms in total. The van der Waals surface area contributed by atoms with Crippen molar-refractivity contribution in [2.24, 2.45) is 5.73 Å². The summed E-state index contributed by atoms with van der Waals surface area (Å²) >= 11 is 9.54. The third-order valence-corrected chi connectivity index (χ3v) is 3.48. The van der Waals surface area contributed by atoms with Crippen LogP contribution >= 0.6 is 27.5 Å². The van der Waals surface area contributed by atoms with E-state index in [1.54, 1.807) is 6.26 Å². The lowest BCUT2D eigenvalue weighted by molar-refractivity contribution is 0.221. The zero-order valence-electron chi connectivity index (χ0n) is 8.75. The second-order valence-corrected chi connectivity index (χ2v) is 5.13. The van der Waals surface area contributed by atoms with E-state index >= 15 is 0 Å². The van der Waals surface area contributed by atoms with Gasteiger partial charge in [-0.05, 0) is 36.1 Å². The summed E-state index contributed by atoms with van der Waals surface area (Å²) in [6.07, 6.45) is 3.77. The van der Waals surface area contributed by atoms with Crippen molar-refractivity contribution in [2.75, 3.05) is 6.61 Å². The molecule has 2 rings (SSSR count). The molecule has 0 saturated carbocycles. The summed E-state index contributed by atoms with van der Waals surface area (Å²) in [5, 5.41) is 0.688. The zero-order valence-corrected chi connectivity index (χ0v) is 11.1. The molecule has 1 aliphatic rings. The Morgan fingerprint density at radius 1 is 1.44 bits per heavy atom. The van der Waals surface area contributed by atoms with E-state index in [1.165, 1.54) is 0 Å². The van der Waals surface area contributed by atoms with Crippen molar-refractivity contribution in [3.05, 3.63) is 45.1 Å². The second-order valence-electron chi connectivity index (χ2n) is 3.81. The predicted molar refractivity (Wildman–Crippen MR) is 69.3 cm³/mol. The monoisotopic (exact) mass is 301 g/mol. The summed E-state index contributed by atoms with van der Waals surface area (Å²) in [6, 6.07) is 5.60. The highest BCUT2D eigenvalue weighted by Crippen LogP contribution is 2.31. The van der Waals surface area contributed by atoms with Crippen molar-refractivity contribution >= 4 is 27.5 Å². The molecule has 0 spiro atoms. The van der Waals surface area contributed by atoms with Crippen molar-refractivity contribution in [3.8, 4) is 0 Å². The molecule has 1 heterocycles. The Bertz CT molecular complexity index is 419. The summed E-state index contributed by atoms with van der Waals surface area (Å²) in [5.74, 6) is 0. The highest BCUT2D eigenvalue weighted by Gasteiger charge is 2.17. The summed E-state index contributed by atoms with van der Waals surface area (Å²) < 4.78 is 6.25. The van der Waals surface area contributed by atoms with Gasteiger partial charge in [-0.25, -0.2) is 0 Å². The molecule has 0 aromatic heterocycles. The van der Waals surface area contributed by atoms with Crippen molar-refractivity contribution in [1.82, 2.24) is 0 Å². The molecular formula is C12H13BrClNO. The number of rotatable bonds is 2. The SMILES string of the molecule is NC(C1=COCCC1)c1ccc(Br)cc1Cl. The number of benzene rings is 1. The lowest BCUT2D eigenvalue weighted by Gasteiger charge is -2.21. The Morgan fingerprint density at radius 2 is 2.25 bits per heavy atom. The quantitative estimate of drug-likeness (QED) is 0.902. The molecule has 0 bridgehead atoms. The number of hydrogen-bond donors (Lipinski definition) is 1. The van der Waals surface area contributed by atoms with Gasteiger partial charge >= 0.3 is 0 Å². The smallest absolute Gasteiger partial charge is 0.0876 e. The zero-order chi connectivity index (χ0) is 11.5. The molecule has 16 heavy (non-hydrogen) atoms. The van der Waals surface area contributed by atoms with Gasteiger partial charge in [0.05, 0.1) is 18.9 Å². The fourth-order valence-electron chi connectivity index (χ4n) is 1.77. The Morgan fingerprint density at radius 3 is 2.88 bits per heavy atom. The average Bonchev–Trinajstić information content (AvgIpc) is 2.29. The van der Waals surface area contributed by atoms with Gasteiger partial charge in [-0.1, -0.05) is 33.6 Å². The maximum absolute atomic E-state index is 6.17. The highest BCUT2D eigenvalue weighted by molar-refractivity contribution is 9.10. The fourth-order valence-corrected chi connectivity index (χ4v) is 2.56. The number of nitrogens with two attached hydrogens (primary N) is 1. The molecule has 0 fully saturated rings. The Labute approximate surface area is 109 Å². The van der Waals surface area contributed by atoms with Crippen LogP contribution in [0.2, 0.25) is 5.02 Å². The van der Waals surface area contributed by atoms with Crippen LogP contribution in [0.4, 0.5) is 0 Å². The molecule has 1 atom stereocenters. The predicted octanol–water partition coefficient (Wildman–Crippen LogP) is 3.80. The highest BCUT2D eigenvalue weighted by atomic mass is 79.9. The van der Waals surface area contributed by atoms with Crippen LogP contribution in [-0.4, -0.2) is 6.61 Å². The summed E-state index contributed by atoms with van der Waals surface area (Å²) in [7, 11) is 0.